The molecule has 3 amide bonds. The maximum Gasteiger partial charge on any atom is 0.418 e. The Labute approximate surface area is 125 Å². The minimum Gasteiger partial charge on any atom is -0.443 e. The summed E-state index contributed by atoms with van der Waals surface area (Å²) in [6.45, 7) is 6.00. The molecule has 0 bridgehead atoms. The number of urea groups is 1. The first kappa shape index (κ1) is 14.8. The second kappa shape index (κ2) is 5.40. The molecule has 0 spiro atoms. The van der Waals surface area contributed by atoms with Crippen LogP contribution >= 0.6 is 15.9 Å². The predicted octanol–water partition coefficient (Wildman–Crippen LogP) is 3.02. The van der Waals surface area contributed by atoms with Crippen molar-refractivity contribution >= 4 is 33.9 Å². The van der Waals surface area contributed by atoms with Gasteiger partial charge in [0.25, 0.3) is 0 Å². The largest absolute Gasteiger partial charge is 0.443 e. The molecule has 0 N–H and O–H groups in total. The SMILES string of the molecule is CC(C)(C)OC(=O)N1CCN(c2ccc(Br)cn2)C1=O. The van der Waals surface area contributed by atoms with E-state index in [-0.39, 0.29) is 0 Å². The Balaban J connectivity index is 2.09. The average Bonchev–Trinajstić information content (AvgIpc) is 2.70. The fourth-order valence-corrected chi connectivity index (χ4v) is 2.00. The number of rotatable bonds is 1. The van der Waals surface area contributed by atoms with E-state index in [0.717, 1.165) is 9.37 Å². The highest BCUT2D eigenvalue weighted by atomic mass is 79.9. The van der Waals surface area contributed by atoms with Gasteiger partial charge in [0.2, 0.25) is 0 Å². The van der Waals surface area contributed by atoms with Gasteiger partial charge in [0, 0.05) is 17.2 Å². The van der Waals surface area contributed by atoms with E-state index in [4.69, 9.17) is 4.74 Å². The average molecular weight is 342 g/mol. The highest BCUT2D eigenvalue weighted by Gasteiger charge is 2.37. The maximum atomic E-state index is 12.2. The molecule has 1 aliphatic heterocycles. The Bertz CT molecular complexity index is 525. The fraction of sp³-hybridized carbons (Fsp3) is 0.462. The third-order valence-electron chi connectivity index (χ3n) is 2.61. The van der Waals surface area contributed by atoms with Gasteiger partial charge in [-0.1, -0.05) is 0 Å². The van der Waals surface area contributed by atoms with Crippen LogP contribution in [-0.2, 0) is 4.74 Å². The molecule has 0 aliphatic carbocycles. The molecule has 1 aliphatic rings. The molecule has 0 radical (unpaired) electrons. The molecule has 0 aromatic carbocycles. The number of pyridine rings is 1. The van der Waals surface area contributed by atoms with E-state index < -0.39 is 17.7 Å². The number of imide groups is 1. The smallest absolute Gasteiger partial charge is 0.418 e. The van der Waals surface area contributed by atoms with Crippen LogP contribution in [-0.4, -0.2) is 40.7 Å². The zero-order valence-electron chi connectivity index (χ0n) is 11.6. The van der Waals surface area contributed by atoms with E-state index in [1.807, 2.05) is 0 Å². The van der Waals surface area contributed by atoms with Crippen LogP contribution in [0.3, 0.4) is 0 Å². The van der Waals surface area contributed by atoms with Gasteiger partial charge in [-0.2, -0.15) is 0 Å². The molecule has 0 unspecified atom stereocenters. The molecule has 6 nitrogen and oxygen atoms in total. The van der Waals surface area contributed by atoms with Crippen molar-refractivity contribution in [3.05, 3.63) is 22.8 Å². The quantitative estimate of drug-likeness (QED) is 0.787. The molecule has 0 atom stereocenters. The van der Waals surface area contributed by atoms with Crippen molar-refractivity contribution in [2.75, 3.05) is 18.0 Å². The summed E-state index contributed by atoms with van der Waals surface area (Å²) in [5, 5.41) is 0. The fourth-order valence-electron chi connectivity index (χ4n) is 1.76. The van der Waals surface area contributed by atoms with Crippen LogP contribution in [0.5, 0.6) is 0 Å². The van der Waals surface area contributed by atoms with Crippen LogP contribution in [0.25, 0.3) is 0 Å². The Hall–Kier alpha value is -1.63. The lowest BCUT2D eigenvalue weighted by atomic mass is 10.2. The lowest BCUT2D eigenvalue weighted by molar-refractivity contribution is 0.0354. The minimum absolute atomic E-state index is 0.297. The first-order valence-electron chi connectivity index (χ1n) is 6.21. The third-order valence-corrected chi connectivity index (χ3v) is 3.08. The maximum absolute atomic E-state index is 12.2. The molecule has 2 rings (SSSR count). The molecular formula is C13H16BrN3O3. The van der Waals surface area contributed by atoms with E-state index in [1.54, 1.807) is 39.1 Å². The molecule has 1 saturated heterocycles. The van der Waals surface area contributed by atoms with E-state index in [2.05, 4.69) is 20.9 Å². The van der Waals surface area contributed by atoms with Crippen molar-refractivity contribution in [2.45, 2.75) is 26.4 Å². The van der Waals surface area contributed by atoms with Crippen molar-refractivity contribution in [3.63, 3.8) is 0 Å². The topological polar surface area (TPSA) is 62.7 Å². The van der Waals surface area contributed by atoms with Crippen molar-refractivity contribution in [1.29, 1.82) is 0 Å². The van der Waals surface area contributed by atoms with E-state index in [0.29, 0.717) is 18.9 Å². The highest BCUT2D eigenvalue weighted by molar-refractivity contribution is 9.10. The molecule has 7 heteroatoms. The monoisotopic (exact) mass is 341 g/mol. The van der Waals surface area contributed by atoms with Gasteiger partial charge in [-0.25, -0.2) is 19.5 Å². The molecular weight excluding hydrogens is 326 g/mol. The summed E-state index contributed by atoms with van der Waals surface area (Å²) in [6, 6.07) is 3.11. The van der Waals surface area contributed by atoms with Gasteiger partial charge < -0.3 is 4.74 Å². The lowest BCUT2D eigenvalue weighted by Gasteiger charge is -2.23. The molecule has 108 valence electrons. The van der Waals surface area contributed by atoms with Gasteiger partial charge in [0.1, 0.15) is 11.4 Å². The zero-order chi connectivity index (χ0) is 14.9. The Morgan fingerprint density at radius 1 is 1.35 bits per heavy atom. The second-order valence-corrected chi connectivity index (χ2v) is 6.32. The number of nitrogens with zero attached hydrogens (tertiary/aromatic N) is 3. The molecule has 20 heavy (non-hydrogen) atoms. The lowest BCUT2D eigenvalue weighted by Crippen LogP contribution is -2.40. The molecule has 1 aromatic heterocycles. The summed E-state index contributed by atoms with van der Waals surface area (Å²) in [4.78, 5) is 30.9. The van der Waals surface area contributed by atoms with Crippen LogP contribution in [0.1, 0.15) is 20.8 Å². The summed E-state index contributed by atoms with van der Waals surface area (Å²) >= 11 is 3.29. The van der Waals surface area contributed by atoms with E-state index in [1.165, 1.54) is 4.90 Å². The molecule has 2 heterocycles. The molecule has 0 saturated carbocycles. The van der Waals surface area contributed by atoms with Crippen LogP contribution in [0.15, 0.2) is 22.8 Å². The van der Waals surface area contributed by atoms with Gasteiger partial charge in [-0.05, 0) is 48.8 Å². The van der Waals surface area contributed by atoms with Gasteiger partial charge in [-0.3, -0.25) is 4.90 Å². The Kier molecular flexibility index (Phi) is 3.99. The van der Waals surface area contributed by atoms with Crippen molar-refractivity contribution in [2.24, 2.45) is 0 Å². The zero-order valence-corrected chi connectivity index (χ0v) is 13.2. The summed E-state index contributed by atoms with van der Waals surface area (Å²) in [5.74, 6) is 0.518. The minimum atomic E-state index is -0.624. The molecule has 1 fully saturated rings. The predicted molar refractivity (Wildman–Crippen MR) is 77.6 cm³/mol. The summed E-state index contributed by atoms with van der Waals surface area (Å²) in [6.07, 6.45) is 0.987. The number of anilines is 1. The number of aromatic nitrogens is 1. The number of carbonyl (C=O) groups excluding carboxylic acids is 2. The van der Waals surface area contributed by atoms with Crippen LogP contribution in [0, 0.1) is 0 Å². The van der Waals surface area contributed by atoms with Crippen molar-refractivity contribution < 1.29 is 14.3 Å². The van der Waals surface area contributed by atoms with Crippen LogP contribution in [0.2, 0.25) is 0 Å². The number of hydrogen-bond acceptors (Lipinski definition) is 4. The third kappa shape index (κ3) is 3.27. The van der Waals surface area contributed by atoms with Gasteiger partial charge >= 0.3 is 12.1 Å². The Morgan fingerprint density at radius 3 is 2.60 bits per heavy atom. The van der Waals surface area contributed by atoms with Gasteiger partial charge in [0.15, 0.2) is 0 Å². The standard InChI is InChI=1S/C13H16BrN3O3/c1-13(2,3)20-12(19)17-7-6-16(11(17)18)10-5-4-9(14)8-15-10/h4-5,8H,6-7H2,1-3H3. The second-order valence-electron chi connectivity index (χ2n) is 5.40. The normalized spacial score (nSPS) is 15.7. The summed E-state index contributed by atoms with van der Waals surface area (Å²) in [7, 11) is 0. The summed E-state index contributed by atoms with van der Waals surface area (Å²) in [5.41, 5.74) is -0.624. The van der Waals surface area contributed by atoms with Crippen LogP contribution < -0.4 is 4.90 Å². The van der Waals surface area contributed by atoms with Crippen molar-refractivity contribution in [1.82, 2.24) is 9.88 Å². The number of hydrogen-bond donors (Lipinski definition) is 0. The van der Waals surface area contributed by atoms with E-state index in [9.17, 15) is 9.59 Å². The molecule has 1 aromatic rings. The number of amides is 3. The van der Waals surface area contributed by atoms with Gasteiger partial charge in [-0.15, -0.1) is 0 Å². The number of carbonyl (C=O) groups is 2. The van der Waals surface area contributed by atoms with E-state index >= 15 is 0 Å². The van der Waals surface area contributed by atoms with Gasteiger partial charge in [0.05, 0.1) is 6.54 Å². The first-order valence-corrected chi connectivity index (χ1v) is 7.01. The van der Waals surface area contributed by atoms with Crippen LogP contribution in [0.4, 0.5) is 15.4 Å². The van der Waals surface area contributed by atoms with Crippen molar-refractivity contribution in [3.8, 4) is 0 Å². The first-order chi connectivity index (χ1) is 9.28. The number of ether oxygens (including phenoxy) is 1. The number of halogens is 1. The highest BCUT2D eigenvalue weighted by Crippen LogP contribution is 2.21. The summed E-state index contributed by atoms with van der Waals surface area (Å²) < 4.78 is 6.04. The Morgan fingerprint density at radius 2 is 2.05 bits per heavy atom.